The zero-order chi connectivity index (χ0) is 14.5. The molecule has 1 aromatic carbocycles. The molecule has 1 amide bonds. The van der Waals surface area contributed by atoms with Crippen molar-refractivity contribution in [1.82, 2.24) is 0 Å². The van der Waals surface area contributed by atoms with Crippen molar-refractivity contribution in [2.75, 3.05) is 5.32 Å². The summed E-state index contributed by atoms with van der Waals surface area (Å²) in [6, 6.07) is 9.07. The van der Waals surface area contributed by atoms with Gasteiger partial charge in [0.05, 0.1) is 6.26 Å². The minimum atomic E-state index is -0.170. The fourth-order valence-electron chi connectivity index (χ4n) is 1.95. The normalized spacial score (nSPS) is 10.3. The molecule has 0 aliphatic carbocycles. The number of hydrogen-bond acceptors (Lipinski definition) is 3. The molecular weight excluding hydrogens is 254 g/mol. The molecule has 0 saturated carbocycles. The minimum Gasteiger partial charge on any atom is -0.461 e. The fourth-order valence-corrected chi connectivity index (χ4v) is 1.95. The maximum absolute atomic E-state index is 11.8. The summed E-state index contributed by atoms with van der Waals surface area (Å²) in [6.07, 6.45) is 1.74. The molecule has 1 aromatic heterocycles. The van der Waals surface area contributed by atoms with Crippen LogP contribution in [0.3, 0.4) is 0 Å². The molecule has 0 bridgehead atoms. The lowest BCUT2D eigenvalue weighted by molar-refractivity contribution is -0.116. The molecule has 0 saturated heterocycles. The molecule has 1 heterocycles. The Labute approximate surface area is 117 Å². The molecule has 4 nitrogen and oxygen atoms in total. The van der Waals surface area contributed by atoms with Gasteiger partial charge in [0.15, 0.2) is 11.5 Å². The van der Waals surface area contributed by atoms with E-state index in [-0.39, 0.29) is 24.5 Å². The van der Waals surface area contributed by atoms with Gasteiger partial charge in [0.1, 0.15) is 0 Å². The third-order valence-electron chi connectivity index (χ3n) is 3.03. The molecule has 104 valence electrons. The first-order valence-corrected chi connectivity index (χ1v) is 6.50. The smallest absolute Gasteiger partial charge is 0.224 e. The van der Waals surface area contributed by atoms with E-state index >= 15 is 0 Å². The van der Waals surface area contributed by atoms with Crippen LogP contribution in [-0.2, 0) is 4.79 Å². The van der Waals surface area contributed by atoms with Gasteiger partial charge in [-0.2, -0.15) is 0 Å². The van der Waals surface area contributed by atoms with Gasteiger partial charge in [-0.1, -0.05) is 17.7 Å². The second-order valence-corrected chi connectivity index (χ2v) is 4.77. The molecule has 4 heteroatoms. The number of carbonyl (C=O) groups is 2. The van der Waals surface area contributed by atoms with E-state index in [2.05, 4.69) is 5.32 Å². The summed E-state index contributed by atoms with van der Waals surface area (Å²) in [6.45, 7) is 3.94. The second kappa shape index (κ2) is 6.19. The number of Topliss-reactive ketones (excluding diaryl/α,β-unsaturated/α-hetero) is 1. The highest BCUT2D eigenvalue weighted by Gasteiger charge is 2.12. The van der Waals surface area contributed by atoms with Crippen LogP contribution in [0.1, 0.15) is 34.5 Å². The van der Waals surface area contributed by atoms with E-state index in [1.54, 1.807) is 12.1 Å². The Morgan fingerprint density at radius 3 is 2.60 bits per heavy atom. The van der Waals surface area contributed by atoms with E-state index in [9.17, 15) is 9.59 Å². The largest absolute Gasteiger partial charge is 0.461 e. The standard InChI is InChI=1S/C16H17NO3/c1-11-5-6-13(12(2)10-11)17-16(19)8-7-14(18)15-4-3-9-20-15/h3-6,9-10H,7-8H2,1-2H3,(H,17,19). The highest BCUT2D eigenvalue weighted by molar-refractivity contribution is 5.98. The molecule has 0 unspecified atom stereocenters. The summed E-state index contributed by atoms with van der Waals surface area (Å²) in [7, 11) is 0. The number of furan rings is 1. The zero-order valence-corrected chi connectivity index (χ0v) is 11.6. The van der Waals surface area contributed by atoms with E-state index in [0.717, 1.165) is 16.8 Å². The van der Waals surface area contributed by atoms with Crippen LogP contribution in [0.5, 0.6) is 0 Å². The summed E-state index contributed by atoms with van der Waals surface area (Å²) in [5.74, 6) is -0.0352. The maximum Gasteiger partial charge on any atom is 0.224 e. The number of anilines is 1. The molecule has 2 aromatic rings. The van der Waals surface area contributed by atoms with Crippen molar-refractivity contribution in [3.63, 3.8) is 0 Å². The van der Waals surface area contributed by atoms with Crippen molar-refractivity contribution in [2.45, 2.75) is 26.7 Å². The van der Waals surface area contributed by atoms with Crippen LogP contribution in [-0.4, -0.2) is 11.7 Å². The van der Waals surface area contributed by atoms with Crippen LogP contribution in [0.25, 0.3) is 0 Å². The van der Waals surface area contributed by atoms with Crippen molar-refractivity contribution < 1.29 is 14.0 Å². The molecule has 1 N–H and O–H groups in total. The molecule has 0 radical (unpaired) electrons. The van der Waals surface area contributed by atoms with Gasteiger partial charge in [-0.25, -0.2) is 0 Å². The van der Waals surface area contributed by atoms with Gasteiger partial charge in [0.25, 0.3) is 0 Å². The predicted molar refractivity (Wildman–Crippen MR) is 76.8 cm³/mol. The monoisotopic (exact) mass is 271 g/mol. The van der Waals surface area contributed by atoms with Crippen LogP contribution in [0.15, 0.2) is 41.0 Å². The van der Waals surface area contributed by atoms with Crippen LogP contribution < -0.4 is 5.32 Å². The Morgan fingerprint density at radius 1 is 1.15 bits per heavy atom. The van der Waals surface area contributed by atoms with Gasteiger partial charge in [-0.15, -0.1) is 0 Å². The third kappa shape index (κ3) is 3.57. The summed E-state index contributed by atoms with van der Waals surface area (Å²) < 4.78 is 5.00. The van der Waals surface area contributed by atoms with Crippen molar-refractivity contribution in [1.29, 1.82) is 0 Å². The van der Waals surface area contributed by atoms with E-state index < -0.39 is 0 Å². The molecule has 2 rings (SSSR count). The first-order chi connectivity index (χ1) is 9.56. The lowest BCUT2D eigenvalue weighted by Crippen LogP contribution is -2.14. The average molecular weight is 271 g/mol. The Balaban J connectivity index is 1.88. The number of carbonyl (C=O) groups excluding carboxylic acids is 2. The lowest BCUT2D eigenvalue weighted by atomic mass is 10.1. The van der Waals surface area contributed by atoms with Gasteiger partial charge < -0.3 is 9.73 Å². The zero-order valence-electron chi connectivity index (χ0n) is 11.6. The average Bonchev–Trinajstić information content (AvgIpc) is 2.93. The Hall–Kier alpha value is -2.36. The van der Waals surface area contributed by atoms with Crippen molar-refractivity contribution in [3.8, 4) is 0 Å². The van der Waals surface area contributed by atoms with Crippen molar-refractivity contribution >= 4 is 17.4 Å². The first-order valence-electron chi connectivity index (χ1n) is 6.50. The summed E-state index contributed by atoms with van der Waals surface area (Å²) >= 11 is 0. The second-order valence-electron chi connectivity index (χ2n) is 4.77. The van der Waals surface area contributed by atoms with Crippen LogP contribution >= 0.6 is 0 Å². The lowest BCUT2D eigenvalue weighted by Gasteiger charge is -2.08. The first kappa shape index (κ1) is 14.1. The van der Waals surface area contributed by atoms with Crippen molar-refractivity contribution in [2.24, 2.45) is 0 Å². The van der Waals surface area contributed by atoms with Gasteiger partial charge in [0, 0.05) is 18.5 Å². The topological polar surface area (TPSA) is 59.3 Å². The van der Waals surface area contributed by atoms with Gasteiger partial charge in [0.2, 0.25) is 5.91 Å². The minimum absolute atomic E-state index is 0.143. The van der Waals surface area contributed by atoms with Crippen LogP contribution in [0.4, 0.5) is 5.69 Å². The van der Waals surface area contributed by atoms with Gasteiger partial charge in [-0.05, 0) is 37.6 Å². The third-order valence-corrected chi connectivity index (χ3v) is 3.03. The number of amides is 1. The molecular formula is C16H17NO3. The molecule has 0 aliphatic heterocycles. The van der Waals surface area contributed by atoms with E-state index in [0.29, 0.717) is 5.76 Å². The number of hydrogen-bond donors (Lipinski definition) is 1. The van der Waals surface area contributed by atoms with Crippen molar-refractivity contribution in [3.05, 3.63) is 53.5 Å². The Morgan fingerprint density at radius 2 is 1.95 bits per heavy atom. The van der Waals surface area contributed by atoms with Gasteiger partial charge >= 0.3 is 0 Å². The fraction of sp³-hybridized carbons (Fsp3) is 0.250. The maximum atomic E-state index is 11.8. The highest BCUT2D eigenvalue weighted by atomic mass is 16.3. The number of benzene rings is 1. The highest BCUT2D eigenvalue weighted by Crippen LogP contribution is 2.16. The summed E-state index contributed by atoms with van der Waals surface area (Å²) in [5.41, 5.74) is 2.94. The quantitative estimate of drug-likeness (QED) is 0.847. The molecule has 0 fully saturated rings. The van der Waals surface area contributed by atoms with E-state index in [1.807, 2.05) is 32.0 Å². The van der Waals surface area contributed by atoms with E-state index in [4.69, 9.17) is 4.42 Å². The van der Waals surface area contributed by atoms with E-state index in [1.165, 1.54) is 6.26 Å². The number of nitrogens with one attached hydrogen (secondary N) is 1. The molecule has 20 heavy (non-hydrogen) atoms. The van der Waals surface area contributed by atoms with Crippen LogP contribution in [0, 0.1) is 13.8 Å². The molecule has 0 atom stereocenters. The van der Waals surface area contributed by atoms with Crippen LogP contribution in [0.2, 0.25) is 0 Å². The number of aryl methyl sites for hydroxylation is 2. The predicted octanol–water partition coefficient (Wildman–Crippen LogP) is 3.50. The number of rotatable bonds is 5. The Bertz CT molecular complexity index is 615. The number of ketones is 1. The molecule has 0 spiro atoms. The Kier molecular flexibility index (Phi) is 4.35. The summed E-state index contributed by atoms with van der Waals surface area (Å²) in [4.78, 5) is 23.5. The molecule has 0 aliphatic rings. The SMILES string of the molecule is Cc1ccc(NC(=O)CCC(=O)c2ccco2)c(C)c1. The summed E-state index contributed by atoms with van der Waals surface area (Å²) in [5, 5.41) is 2.82. The van der Waals surface area contributed by atoms with Gasteiger partial charge in [-0.3, -0.25) is 9.59 Å².